The van der Waals surface area contributed by atoms with E-state index in [0.717, 1.165) is 6.42 Å². The molecule has 0 saturated heterocycles. The van der Waals surface area contributed by atoms with Gasteiger partial charge in [-0.3, -0.25) is 0 Å². The highest BCUT2D eigenvalue weighted by Crippen LogP contribution is 1.73. The van der Waals surface area contributed by atoms with Crippen molar-refractivity contribution >= 4 is 0 Å². The molecule has 0 amide bonds. The summed E-state index contributed by atoms with van der Waals surface area (Å²) in [4.78, 5) is 0. The Bertz CT molecular complexity index is 75.9. The molecule has 0 heterocycles. The molecule has 0 saturated carbocycles. The Balaban J connectivity index is 2.78. The van der Waals surface area contributed by atoms with E-state index in [0.29, 0.717) is 6.61 Å². The van der Waals surface area contributed by atoms with Crippen LogP contribution in [0.15, 0.2) is 0 Å². The molecule has 1 radical (unpaired) electrons. The Morgan fingerprint density at radius 3 is 2.86 bits per heavy atom. The lowest BCUT2D eigenvalue weighted by molar-refractivity contribution is 0.284. The predicted octanol–water partition coefficient (Wildman–Crippen LogP) is 1.21. The summed E-state index contributed by atoms with van der Waals surface area (Å²) in [5.41, 5.74) is 0. The maximum atomic E-state index is 4.71. The van der Waals surface area contributed by atoms with Gasteiger partial charge in [0.2, 0.25) is 0 Å². The Kier molecular flexibility index (Phi) is 4.87. The molecule has 0 aliphatic carbocycles. The van der Waals surface area contributed by atoms with Crippen LogP contribution in [0.25, 0.3) is 0 Å². The number of hydrogen-bond acceptors (Lipinski definition) is 1. The highest BCUT2D eigenvalue weighted by atomic mass is 16.5. The van der Waals surface area contributed by atoms with Crippen LogP contribution in [-0.4, -0.2) is 6.61 Å². The van der Waals surface area contributed by atoms with Crippen LogP contribution in [0.5, 0.6) is 0 Å². The highest BCUT2D eigenvalue weighted by Gasteiger charge is 1.70. The lowest BCUT2D eigenvalue weighted by Crippen LogP contribution is -1.81. The summed E-state index contributed by atoms with van der Waals surface area (Å²) in [5.74, 6) is 2.60. The zero-order valence-corrected chi connectivity index (χ0v) is 4.53. The van der Waals surface area contributed by atoms with Crippen molar-refractivity contribution in [1.82, 2.24) is 0 Å². The second kappa shape index (κ2) is 5.36. The van der Waals surface area contributed by atoms with E-state index < -0.39 is 0 Å². The summed E-state index contributed by atoms with van der Waals surface area (Å²) < 4.78 is 4.71. The number of hydrogen-bond donors (Lipinski definition) is 0. The van der Waals surface area contributed by atoms with E-state index in [4.69, 9.17) is 4.74 Å². The van der Waals surface area contributed by atoms with Crippen molar-refractivity contribution in [2.75, 3.05) is 6.61 Å². The van der Waals surface area contributed by atoms with Gasteiger partial charge in [-0.15, -0.1) is 0 Å². The van der Waals surface area contributed by atoms with Crippen LogP contribution < -0.4 is 0 Å². The summed E-state index contributed by atoms with van der Waals surface area (Å²) >= 11 is 0. The van der Waals surface area contributed by atoms with E-state index in [-0.39, 0.29) is 0 Å². The van der Waals surface area contributed by atoms with E-state index in [2.05, 4.69) is 19.0 Å². The lowest BCUT2D eigenvalue weighted by Gasteiger charge is -1.87. The van der Waals surface area contributed by atoms with Gasteiger partial charge in [-0.1, -0.05) is 5.92 Å². The lowest BCUT2D eigenvalue weighted by atomic mass is 10.5. The summed E-state index contributed by atoms with van der Waals surface area (Å²) in [6.07, 6.45) is 3.25. The second-order valence-electron chi connectivity index (χ2n) is 1.05. The summed E-state index contributed by atoms with van der Waals surface area (Å²) in [6, 6.07) is 0. The third-order valence-electron chi connectivity index (χ3n) is 0.421. The van der Waals surface area contributed by atoms with Gasteiger partial charge >= 0.3 is 0 Å². The molecule has 0 unspecified atom stereocenters. The van der Waals surface area contributed by atoms with Gasteiger partial charge in [-0.25, -0.2) is 0 Å². The van der Waals surface area contributed by atoms with Crippen LogP contribution in [0.4, 0.5) is 0 Å². The fourth-order valence-corrected chi connectivity index (χ4v) is 0.195. The molecule has 1 heteroatoms. The Morgan fingerprint density at radius 2 is 2.43 bits per heavy atom. The van der Waals surface area contributed by atoms with Gasteiger partial charge in [0.15, 0.2) is 0 Å². The largest absolute Gasteiger partial charge is 0.447 e. The first-order valence-corrected chi connectivity index (χ1v) is 2.24. The molecule has 0 fully saturated rings. The monoisotopic (exact) mass is 97.1 g/mol. The molecule has 0 rings (SSSR count). The van der Waals surface area contributed by atoms with E-state index >= 15 is 0 Å². The summed E-state index contributed by atoms with van der Waals surface area (Å²) in [7, 11) is 0. The third-order valence-corrected chi connectivity index (χ3v) is 0.421. The zero-order valence-electron chi connectivity index (χ0n) is 4.53. The van der Waals surface area contributed by atoms with Gasteiger partial charge < -0.3 is 4.74 Å². The molecule has 7 heavy (non-hydrogen) atoms. The molecule has 0 bridgehead atoms. The van der Waals surface area contributed by atoms with E-state index in [1.807, 2.05) is 0 Å². The van der Waals surface area contributed by atoms with Gasteiger partial charge in [-0.2, -0.15) is 0 Å². The normalized spacial score (nSPS) is 6.57. The first-order valence-electron chi connectivity index (χ1n) is 2.24. The first-order chi connectivity index (χ1) is 3.41. The van der Waals surface area contributed by atoms with Crippen LogP contribution in [0.2, 0.25) is 0 Å². The van der Waals surface area contributed by atoms with E-state index in [9.17, 15) is 0 Å². The minimum Gasteiger partial charge on any atom is -0.447 e. The zero-order chi connectivity index (χ0) is 5.54. The van der Waals surface area contributed by atoms with Crippen molar-refractivity contribution in [3.8, 4) is 12.0 Å². The smallest absolute Gasteiger partial charge is 0.109 e. The maximum Gasteiger partial charge on any atom is 0.109 e. The van der Waals surface area contributed by atoms with E-state index in [1.54, 1.807) is 6.92 Å². The van der Waals surface area contributed by atoms with Crippen LogP contribution in [0, 0.1) is 19.0 Å². The minimum absolute atomic E-state index is 0.640. The molecule has 0 aliphatic rings. The average molecular weight is 97.1 g/mol. The van der Waals surface area contributed by atoms with Crippen LogP contribution >= 0.6 is 0 Å². The van der Waals surface area contributed by atoms with Crippen molar-refractivity contribution in [3.05, 3.63) is 6.92 Å². The van der Waals surface area contributed by atoms with Gasteiger partial charge in [-0.05, 0) is 13.3 Å². The molecule has 0 aromatic rings. The SMILES string of the molecule is [CH2]CCOC#CC. The quantitative estimate of drug-likeness (QED) is 0.371. The molecular weight excluding hydrogens is 88.1 g/mol. The molecule has 0 atom stereocenters. The van der Waals surface area contributed by atoms with Crippen LogP contribution in [0.3, 0.4) is 0 Å². The van der Waals surface area contributed by atoms with Gasteiger partial charge in [0, 0.05) is 6.92 Å². The Morgan fingerprint density at radius 1 is 1.71 bits per heavy atom. The van der Waals surface area contributed by atoms with Crippen molar-refractivity contribution in [1.29, 1.82) is 0 Å². The fraction of sp³-hybridized carbons (Fsp3) is 0.500. The topological polar surface area (TPSA) is 9.23 Å². The van der Waals surface area contributed by atoms with Gasteiger partial charge in [0.05, 0.1) is 0 Å². The maximum absolute atomic E-state index is 4.71. The minimum atomic E-state index is 0.640. The van der Waals surface area contributed by atoms with Gasteiger partial charge in [0.25, 0.3) is 0 Å². The van der Waals surface area contributed by atoms with Crippen molar-refractivity contribution in [2.45, 2.75) is 13.3 Å². The van der Waals surface area contributed by atoms with E-state index in [1.165, 1.54) is 0 Å². The molecule has 0 N–H and O–H groups in total. The third kappa shape index (κ3) is 5.36. The summed E-state index contributed by atoms with van der Waals surface area (Å²) in [6.45, 7) is 5.94. The number of ether oxygens (including phenoxy) is 1. The standard InChI is InChI=1S/C6H9O/c1-3-5-7-6-4-2/h1,3,5H2,2H3. The molecule has 0 aromatic heterocycles. The Hall–Kier alpha value is -0.640. The van der Waals surface area contributed by atoms with Crippen LogP contribution in [0.1, 0.15) is 13.3 Å². The highest BCUT2D eigenvalue weighted by molar-refractivity contribution is 4.84. The van der Waals surface area contributed by atoms with Crippen molar-refractivity contribution in [3.63, 3.8) is 0 Å². The predicted molar refractivity (Wildman–Crippen MR) is 29.4 cm³/mol. The average Bonchev–Trinajstić information content (AvgIpc) is 1.69. The van der Waals surface area contributed by atoms with Crippen LogP contribution in [-0.2, 0) is 4.74 Å². The molecule has 0 aliphatic heterocycles. The first kappa shape index (κ1) is 6.36. The van der Waals surface area contributed by atoms with Crippen molar-refractivity contribution < 1.29 is 4.74 Å². The number of rotatable bonds is 2. The molecule has 1 nitrogen and oxygen atoms in total. The summed E-state index contributed by atoms with van der Waals surface area (Å²) in [5, 5.41) is 0. The van der Waals surface area contributed by atoms with Crippen molar-refractivity contribution in [2.24, 2.45) is 0 Å². The molecule has 0 aromatic carbocycles. The Labute approximate surface area is 44.7 Å². The molecule has 39 valence electrons. The fourth-order valence-electron chi connectivity index (χ4n) is 0.195. The molecular formula is C6H9O. The van der Waals surface area contributed by atoms with Gasteiger partial charge in [0.1, 0.15) is 12.7 Å². The second-order valence-corrected chi connectivity index (χ2v) is 1.05. The molecule has 0 spiro atoms.